The Hall–Kier alpha value is -0.660. The Morgan fingerprint density at radius 3 is 2.54 bits per heavy atom. The molecule has 13 heavy (non-hydrogen) atoms. The van der Waals surface area contributed by atoms with Crippen molar-refractivity contribution in [3.05, 3.63) is 28.5 Å². The number of benzene rings is 1. The molecule has 4 nitrogen and oxygen atoms in total. The second-order valence-electron chi connectivity index (χ2n) is 2.15. The average molecular weight is 270 g/mol. The maximum absolute atomic E-state index is 12.5. The first-order valence-corrected chi connectivity index (χ1v) is 5.32. The van der Waals surface area contributed by atoms with E-state index in [4.69, 9.17) is 0 Å². The van der Waals surface area contributed by atoms with E-state index < -0.39 is 16.1 Å². The molecule has 0 atom stereocenters. The first-order chi connectivity index (χ1) is 5.88. The van der Waals surface area contributed by atoms with Gasteiger partial charge in [-0.05, 0) is 34.1 Å². The minimum atomic E-state index is -4.06. The molecule has 0 fully saturated rings. The Kier molecular flexibility index (Phi) is 2.89. The zero-order chi connectivity index (χ0) is 10.1. The molecular formula is C6H5BrFNO3S. The van der Waals surface area contributed by atoms with Crippen LogP contribution < -0.4 is 9.32 Å². The molecule has 0 unspecified atom stereocenters. The minimum absolute atomic E-state index is 0.0519. The van der Waals surface area contributed by atoms with E-state index in [9.17, 15) is 12.8 Å². The van der Waals surface area contributed by atoms with Gasteiger partial charge in [-0.15, -0.1) is 0 Å². The first kappa shape index (κ1) is 10.4. The van der Waals surface area contributed by atoms with Crippen molar-refractivity contribution in [2.24, 2.45) is 5.14 Å². The molecule has 0 saturated carbocycles. The highest BCUT2D eigenvalue weighted by Gasteiger charge is 2.08. The molecule has 0 saturated heterocycles. The molecule has 1 aromatic rings. The summed E-state index contributed by atoms with van der Waals surface area (Å²) in [4.78, 5) is 0. The van der Waals surface area contributed by atoms with Crippen LogP contribution in [0.3, 0.4) is 0 Å². The van der Waals surface area contributed by atoms with E-state index in [1.54, 1.807) is 0 Å². The molecule has 7 heteroatoms. The summed E-state index contributed by atoms with van der Waals surface area (Å²) in [6.45, 7) is 0. The molecule has 0 radical (unpaired) electrons. The van der Waals surface area contributed by atoms with Crippen molar-refractivity contribution >= 4 is 26.2 Å². The van der Waals surface area contributed by atoms with Crippen molar-refractivity contribution in [3.63, 3.8) is 0 Å². The summed E-state index contributed by atoms with van der Waals surface area (Å²) < 4.78 is 38.0. The van der Waals surface area contributed by atoms with E-state index in [2.05, 4.69) is 25.3 Å². The Morgan fingerprint density at radius 1 is 1.46 bits per heavy atom. The summed E-state index contributed by atoms with van der Waals surface area (Å²) in [7, 11) is -4.06. The van der Waals surface area contributed by atoms with E-state index in [1.165, 1.54) is 0 Å². The Morgan fingerprint density at radius 2 is 2.08 bits per heavy atom. The van der Waals surface area contributed by atoms with Crippen LogP contribution >= 0.6 is 15.9 Å². The summed E-state index contributed by atoms with van der Waals surface area (Å²) in [5.74, 6) is -0.558. The van der Waals surface area contributed by atoms with E-state index in [0.717, 1.165) is 18.2 Å². The van der Waals surface area contributed by atoms with Crippen LogP contribution in [0, 0.1) is 5.82 Å². The van der Waals surface area contributed by atoms with Crippen LogP contribution in [0.1, 0.15) is 0 Å². The third-order valence-electron chi connectivity index (χ3n) is 1.10. The predicted molar refractivity (Wildman–Crippen MR) is 47.8 cm³/mol. The van der Waals surface area contributed by atoms with Crippen molar-refractivity contribution in [2.45, 2.75) is 0 Å². The van der Waals surface area contributed by atoms with Gasteiger partial charge in [-0.1, -0.05) is 0 Å². The fourth-order valence-electron chi connectivity index (χ4n) is 0.668. The highest BCUT2D eigenvalue weighted by atomic mass is 79.9. The van der Waals surface area contributed by atoms with Gasteiger partial charge in [0.15, 0.2) is 5.75 Å². The summed E-state index contributed by atoms with van der Waals surface area (Å²) >= 11 is 2.91. The zero-order valence-electron chi connectivity index (χ0n) is 6.20. The molecule has 0 bridgehead atoms. The van der Waals surface area contributed by atoms with Crippen LogP contribution in [-0.4, -0.2) is 8.42 Å². The van der Waals surface area contributed by atoms with Gasteiger partial charge >= 0.3 is 10.3 Å². The minimum Gasteiger partial charge on any atom is -0.370 e. The van der Waals surface area contributed by atoms with Crippen LogP contribution in [0.15, 0.2) is 22.7 Å². The normalized spacial score (nSPS) is 11.3. The molecule has 0 amide bonds. The highest BCUT2D eigenvalue weighted by Crippen LogP contribution is 2.25. The second kappa shape index (κ2) is 3.60. The molecule has 1 aromatic carbocycles. The summed E-state index contributed by atoms with van der Waals surface area (Å²) in [5, 5.41) is 4.61. The van der Waals surface area contributed by atoms with Crippen LogP contribution in [0.5, 0.6) is 5.75 Å². The molecule has 1 rings (SSSR count). The Bertz CT molecular complexity index is 420. The Labute approximate surface area is 82.9 Å². The standard InChI is InChI=1S/C6H5BrFNO3S/c7-5-3-4(8)1-2-6(5)12-13(9,10)11/h1-3H,(H2,9,10,11). The quantitative estimate of drug-likeness (QED) is 0.877. The van der Waals surface area contributed by atoms with Crippen molar-refractivity contribution in [1.82, 2.24) is 0 Å². The van der Waals surface area contributed by atoms with E-state index in [1.807, 2.05) is 0 Å². The lowest BCUT2D eigenvalue weighted by molar-refractivity contribution is 0.485. The van der Waals surface area contributed by atoms with Crippen molar-refractivity contribution < 1.29 is 17.0 Å². The van der Waals surface area contributed by atoms with E-state index in [-0.39, 0.29) is 10.2 Å². The van der Waals surface area contributed by atoms with Crippen molar-refractivity contribution in [2.75, 3.05) is 0 Å². The predicted octanol–water partition coefficient (Wildman–Crippen LogP) is 1.17. The summed E-state index contributed by atoms with van der Waals surface area (Å²) in [6, 6.07) is 3.29. The lowest BCUT2D eigenvalue weighted by atomic mass is 10.3. The molecule has 2 N–H and O–H groups in total. The van der Waals surface area contributed by atoms with Crippen molar-refractivity contribution in [1.29, 1.82) is 0 Å². The molecule has 0 spiro atoms. The summed E-state index contributed by atoms with van der Waals surface area (Å²) in [6.07, 6.45) is 0. The number of hydrogen-bond acceptors (Lipinski definition) is 3. The smallest absolute Gasteiger partial charge is 0.370 e. The van der Waals surface area contributed by atoms with Gasteiger partial charge in [-0.25, -0.2) is 4.39 Å². The van der Waals surface area contributed by atoms with Crippen LogP contribution in [0.2, 0.25) is 0 Å². The maximum Gasteiger partial charge on any atom is 0.380 e. The van der Waals surface area contributed by atoms with Gasteiger partial charge < -0.3 is 4.18 Å². The molecule has 0 aliphatic carbocycles. The average Bonchev–Trinajstić information content (AvgIpc) is 1.93. The largest absolute Gasteiger partial charge is 0.380 e. The summed E-state index contributed by atoms with van der Waals surface area (Å²) in [5.41, 5.74) is 0. The number of rotatable bonds is 2. The third kappa shape index (κ3) is 3.29. The molecular weight excluding hydrogens is 265 g/mol. The molecule has 0 aromatic heterocycles. The first-order valence-electron chi connectivity index (χ1n) is 3.06. The van der Waals surface area contributed by atoms with Gasteiger partial charge in [0.05, 0.1) is 4.47 Å². The van der Waals surface area contributed by atoms with Gasteiger partial charge in [0.25, 0.3) is 0 Å². The van der Waals surface area contributed by atoms with Crippen LogP contribution in [0.4, 0.5) is 4.39 Å². The topological polar surface area (TPSA) is 69.4 Å². The van der Waals surface area contributed by atoms with Crippen LogP contribution in [0.25, 0.3) is 0 Å². The number of halogens is 2. The fourth-order valence-corrected chi connectivity index (χ4v) is 1.60. The number of hydrogen-bond donors (Lipinski definition) is 1. The fraction of sp³-hybridized carbons (Fsp3) is 0. The number of nitrogens with two attached hydrogens (primary N) is 1. The lowest BCUT2D eigenvalue weighted by Gasteiger charge is -2.03. The SMILES string of the molecule is NS(=O)(=O)Oc1ccc(F)cc1Br. The van der Waals surface area contributed by atoms with E-state index in [0.29, 0.717) is 0 Å². The van der Waals surface area contributed by atoms with Gasteiger partial charge in [-0.2, -0.15) is 13.6 Å². The highest BCUT2D eigenvalue weighted by molar-refractivity contribution is 9.10. The van der Waals surface area contributed by atoms with Crippen molar-refractivity contribution in [3.8, 4) is 5.75 Å². The van der Waals surface area contributed by atoms with Crippen LogP contribution in [-0.2, 0) is 10.3 Å². The molecule has 0 heterocycles. The molecule has 72 valence electrons. The molecule has 0 aliphatic rings. The van der Waals surface area contributed by atoms with Gasteiger partial charge in [-0.3, -0.25) is 0 Å². The van der Waals surface area contributed by atoms with Gasteiger partial charge in [0.1, 0.15) is 5.82 Å². The van der Waals surface area contributed by atoms with Gasteiger partial charge in [0.2, 0.25) is 0 Å². The van der Waals surface area contributed by atoms with Gasteiger partial charge in [0, 0.05) is 0 Å². The Balaban J connectivity index is 3.04. The lowest BCUT2D eigenvalue weighted by Crippen LogP contribution is -2.19. The third-order valence-corrected chi connectivity index (χ3v) is 2.13. The maximum atomic E-state index is 12.5. The zero-order valence-corrected chi connectivity index (χ0v) is 8.60. The molecule has 0 aliphatic heterocycles. The second-order valence-corrected chi connectivity index (χ2v) is 4.16. The van der Waals surface area contributed by atoms with E-state index >= 15 is 0 Å². The monoisotopic (exact) mass is 269 g/mol.